The van der Waals surface area contributed by atoms with Crippen LogP contribution < -0.4 is 0 Å². The van der Waals surface area contributed by atoms with Gasteiger partial charge in [-0.2, -0.15) is 0 Å². The number of aryl methyl sites for hydroxylation is 1. The van der Waals surface area contributed by atoms with E-state index in [0.717, 1.165) is 12.8 Å². The van der Waals surface area contributed by atoms with Crippen LogP contribution in [0.15, 0.2) is 29.7 Å². The molecule has 16 heavy (non-hydrogen) atoms. The van der Waals surface area contributed by atoms with Gasteiger partial charge in [0.25, 0.3) is 0 Å². The van der Waals surface area contributed by atoms with Gasteiger partial charge in [0.1, 0.15) is 0 Å². The van der Waals surface area contributed by atoms with Crippen molar-refractivity contribution >= 4 is 22.4 Å². The van der Waals surface area contributed by atoms with Crippen LogP contribution in [0.2, 0.25) is 0 Å². The van der Waals surface area contributed by atoms with Crippen molar-refractivity contribution in [3.05, 3.63) is 58.5 Å². The quantitative estimate of drug-likeness (QED) is 0.570. The molecule has 2 aliphatic rings. The van der Waals surface area contributed by atoms with Crippen LogP contribution in [0.5, 0.6) is 0 Å². The SMILES string of the molecule is C1=C=C2CCc3cc#cc4ccc(c2c34)C=1. The van der Waals surface area contributed by atoms with Crippen molar-refractivity contribution in [1.29, 1.82) is 0 Å². The molecule has 2 aliphatic carbocycles. The van der Waals surface area contributed by atoms with Crippen LogP contribution in [-0.4, -0.2) is 0 Å². The van der Waals surface area contributed by atoms with Gasteiger partial charge in [0.05, 0.1) is 0 Å². The third-order valence-corrected chi connectivity index (χ3v) is 3.41. The Balaban J connectivity index is 2.32. The van der Waals surface area contributed by atoms with Crippen LogP contribution in [-0.2, 0) is 6.42 Å². The lowest BCUT2D eigenvalue weighted by Gasteiger charge is -2.20. The van der Waals surface area contributed by atoms with E-state index in [1.54, 1.807) is 0 Å². The molecule has 0 amide bonds. The fourth-order valence-electron chi connectivity index (χ4n) is 2.68. The zero-order valence-electron chi connectivity index (χ0n) is 8.72. The summed E-state index contributed by atoms with van der Waals surface area (Å²) in [5.41, 5.74) is 11.7. The van der Waals surface area contributed by atoms with E-state index in [0.29, 0.717) is 0 Å². The molecule has 4 rings (SSSR count). The van der Waals surface area contributed by atoms with E-state index in [1.807, 2.05) is 6.08 Å². The molecule has 0 atom stereocenters. The minimum atomic E-state index is 1.07. The molecular weight excluding hydrogens is 192 g/mol. The largest absolute Gasteiger partial charge is 0.0693 e. The van der Waals surface area contributed by atoms with Gasteiger partial charge in [-0.05, 0) is 42.2 Å². The number of hydrogen-bond acceptors (Lipinski definition) is 0. The highest BCUT2D eigenvalue weighted by atomic mass is 14.2. The Morgan fingerprint density at radius 3 is 3.12 bits per heavy atom. The van der Waals surface area contributed by atoms with Crippen molar-refractivity contribution in [2.75, 3.05) is 0 Å². The summed E-state index contributed by atoms with van der Waals surface area (Å²) >= 11 is 0. The minimum absolute atomic E-state index is 1.07. The summed E-state index contributed by atoms with van der Waals surface area (Å²) in [6, 6.07) is 12.6. The van der Waals surface area contributed by atoms with Gasteiger partial charge >= 0.3 is 0 Å². The molecule has 0 bridgehead atoms. The number of allylic oxidation sites excluding steroid dienone is 1. The van der Waals surface area contributed by atoms with Crippen molar-refractivity contribution in [2.45, 2.75) is 12.8 Å². The summed E-state index contributed by atoms with van der Waals surface area (Å²) in [5, 5.41) is 2.52. The maximum absolute atomic E-state index is 3.25. The molecule has 0 heterocycles. The van der Waals surface area contributed by atoms with Crippen LogP contribution in [0.25, 0.3) is 22.4 Å². The van der Waals surface area contributed by atoms with Gasteiger partial charge < -0.3 is 0 Å². The first kappa shape index (κ1) is 8.03. The zero-order chi connectivity index (χ0) is 10.5. The Hall–Kier alpha value is -2.18. The molecule has 0 heteroatoms. The van der Waals surface area contributed by atoms with E-state index in [-0.39, 0.29) is 0 Å². The standard InChI is InChI=1S/C16H8/c1-3-11-7-9-13-5-2-6-14-10-8-12(4-1)15(11)16(13)14/h3,6-7,9H,8,10H2. The molecular formula is C16H8. The van der Waals surface area contributed by atoms with Crippen molar-refractivity contribution < 1.29 is 0 Å². The molecule has 0 nitrogen and oxygen atoms in total. The molecule has 72 valence electrons. The van der Waals surface area contributed by atoms with E-state index in [4.69, 9.17) is 0 Å². The van der Waals surface area contributed by atoms with Gasteiger partial charge in [-0.15, -0.1) is 0 Å². The van der Waals surface area contributed by atoms with E-state index >= 15 is 0 Å². The number of benzene rings is 1. The van der Waals surface area contributed by atoms with Crippen molar-refractivity contribution in [3.63, 3.8) is 0 Å². The molecule has 2 aromatic carbocycles. The van der Waals surface area contributed by atoms with Crippen LogP contribution in [0.3, 0.4) is 0 Å². The maximum atomic E-state index is 3.25. The van der Waals surface area contributed by atoms with Gasteiger partial charge in [0.2, 0.25) is 0 Å². The van der Waals surface area contributed by atoms with E-state index in [9.17, 15) is 0 Å². The third kappa shape index (κ3) is 0.873. The van der Waals surface area contributed by atoms with Crippen molar-refractivity contribution in [2.24, 2.45) is 0 Å². The lowest BCUT2D eigenvalue weighted by molar-refractivity contribution is 1.01. The van der Waals surface area contributed by atoms with Gasteiger partial charge in [0.15, 0.2) is 0 Å². The Morgan fingerprint density at radius 1 is 1.12 bits per heavy atom. The minimum Gasteiger partial charge on any atom is -0.0693 e. The predicted molar refractivity (Wildman–Crippen MR) is 64.8 cm³/mol. The average Bonchev–Trinajstić information content (AvgIpc) is 2.36. The summed E-state index contributed by atoms with van der Waals surface area (Å²) in [6.07, 6.45) is 4.17. The number of rotatable bonds is 0. The predicted octanol–water partition coefficient (Wildman–Crippen LogP) is 3.55. The second kappa shape index (κ2) is 2.69. The van der Waals surface area contributed by atoms with Gasteiger partial charge in [-0.3, -0.25) is 0 Å². The lowest BCUT2D eigenvalue weighted by atomic mass is 9.82. The van der Waals surface area contributed by atoms with Crippen LogP contribution in [0.4, 0.5) is 0 Å². The van der Waals surface area contributed by atoms with Gasteiger partial charge in [-0.25, -0.2) is 0 Å². The molecule has 0 N–H and O–H groups in total. The van der Waals surface area contributed by atoms with Crippen LogP contribution >= 0.6 is 0 Å². The van der Waals surface area contributed by atoms with Gasteiger partial charge in [-0.1, -0.05) is 29.7 Å². The monoisotopic (exact) mass is 200 g/mol. The summed E-state index contributed by atoms with van der Waals surface area (Å²) in [4.78, 5) is 0. The summed E-state index contributed by atoms with van der Waals surface area (Å²) < 4.78 is 0. The van der Waals surface area contributed by atoms with Crippen LogP contribution in [0.1, 0.15) is 23.1 Å². The zero-order valence-corrected chi connectivity index (χ0v) is 8.72. The highest BCUT2D eigenvalue weighted by Crippen LogP contribution is 2.38. The molecule has 0 aromatic heterocycles. The molecule has 0 aliphatic heterocycles. The molecule has 0 saturated heterocycles. The molecule has 2 aromatic rings. The third-order valence-electron chi connectivity index (χ3n) is 3.41. The highest BCUT2D eigenvalue weighted by Gasteiger charge is 2.19. The smallest absolute Gasteiger partial charge is 0.0331 e. The molecule has 0 spiro atoms. The Morgan fingerprint density at radius 2 is 2.12 bits per heavy atom. The first-order chi connectivity index (χ1) is 7.93. The Bertz CT molecular complexity index is 719. The second-order valence-electron chi connectivity index (χ2n) is 4.28. The molecule has 0 unspecified atom stereocenters. The van der Waals surface area contributed by atoms with Crippen molar-refractivity contribution in [1.82, 2.24) is 0 Å². The maximum Gasteiger partial charge on any atom is 0.0331 e. The highest BCUT2D eigenvalue weighted by molar-refractivity contribution is 6.00. The summed E-state index contributed by atoms with van der Waals surface area (Å²) in [5.74, 6) is 0. The summed E-state index contributed by atoms with van der Waals surface area (Å²) in [6.45, 7) is 0. The summed E-state index contributed by atoms with van der Waals surface area (Å²) in [7, 11) is 0. The molecule has 0 fully saturated rings. The van der Waals surface area contributed by atoms with E-state index < -0.39 is 0 Å². The normalized spacial score (nSPS) is 14.9. The van der Waals surface area contributed by atoms with Gasteiger partial charge in [0, 0.05) is 21.9 Å². The van der Waals surface area contributed by atoms with Crippen molar-refractivity contribution in [3.8, 4) is 0 Å². The Kier molecular flexibility index (Phi) is 1.35. The second-order valence-corrected chi connectivity index (χ2v) is 4.28. The Labute approximate surface area is 94.2 Å². The number of hydrogen-bond donors (Lipinski definition) is 0. The average molecular weight is 200 g/mol. The lowest BCUT2D eigenvalue weighted by Crippen LogP contribution is -2.02. The fourth-order valence-corrected chi connectivity index (χ4v) is 2.68. The van der Waals surface area contributed by atoms with E-state index in [2.05, 4.69) is 41.8 Å². The molecule has 0 radical (unpaired) electrons. The molecule has 0 saturated carbocycles. The first-order valence-corrected chi connectivity index (χ1v) is 5.52. The fraction of sp³-hybridized carbons (Fsp3) is 0.125. The topological polar surface area (TPSA) is 0 Å². The first-order valence-electron chi connectivity index (χ1n) is 5.52. The van der Waals surface area contributed by atoms with Crippen LogP contribution in [0, 0.1) is 12.1 Å². The van der Waals surface area contributed by atoms with E-state index in [1.165, 1.54) is 33.0 Å².